The second-order valence-corrected chi connectivity index (χ2v) is 7.47. The summed E-state index contributed by atoms with van der Waals surface area (Å²) < 4.78 is 32.1. The van der Waals surface area contributed by atoms with Crippen molar-refractivity contribution in [2.24, 2.45) is 0 Å². The minimum absolute atomic E-state index is 0.107. The summed E-state index contributed by atoms with van der Waals surface area (Å²) in [6, 6.07) is 5.15. The van der Waals surface area contributed by atoms with Crippen LogP contribution in [0.2, 0.25) is 0 Å². The predicted octanol–water partition coefficient (Wildman–Crippen LogP) is 4.76. The van der Waals surface area contributed by atoms with Gasteiger partial charge in [0.05, 0.1) is 40.2 Å². The van der Waals surface area contributed by atoms with Crippen LogP contribution < -0.4 is 18.9 Å². The van der Waals surface area contributed by atoms with Crippen LogP contribution in [0, 0.1) is 0 Å². The van der Waals surface area contributed by atoms with Crippen LogP contribution in [0.15, 0.2) is 24.3 Å². The molecule has 0 aromatic heterocycles. The van der Waals surface area contributed by atoms with Crippen molar-refractivity contribution in [2.75, 3.05) is 28.4 Å². The first-order chi connectivity index (χ1) is 14.6. The fraction of sp³-hybridized carbons (Fsp3) is 0.391. The fourth-order valence-corrected chi connectivity index (χ4v) is 2.93. The third kappa shape index (κ3) is 5.81. The number of hydrogen-bond acceptors (Lipinski definition) is 8. The first-order valence-electron chi connectivity index (χ1n) is 9.55. The van der Waals surface area contributed by atoms with E-state index in [-0.39, 0.29) is 18.1 Å². The second-order valence-electron chi connectivity index (χ2n) is 7.47. The number of rotatable bonds is 7. The Balaban J connectivity index is 2.66. The van der Waals surface area contributed by atoms with E-state index in [0.29, 0.717) is 33.6 Å². The molecule has 0 unspecified atom stereocenters. The number of esters is 1. The van der Waals surface area contributed by atoms with Crippen LogP contribution in [0.4, 0.5) is 4.79 Å². The van der Waals surface area contributed by atoms with E-state index in [9.17, 15) is 9.59 Å². The zero-order valence-corrected chi connectivity index (χ0v) is 18.9. The number of fused-ring (bicyclic) bond motifs is 1. The van der Waals surface area contributed by atoms with Gasteiger partial charge in [-0.1, -0.05) is 12.2 Å². The Labute approximate surface area is 181 Å². The van der Waals surface area contributed by atoms with Gasteiger partial charge >= 0.3 is 12.1 Å². The minimum atomic E-state index is -0.874. The third-order valence-corrected chi connectivity index (χ3v) is 4.19. The highest BCUT2D eigenvalue weighted by atomic mass is 16.7. The molecule has 0 amide bonds. The number of benzene rings is 2. The molecule has 2 aromatic carbocycles. The van der Waals surface area contributed by atoms with Crippen molar-refractivity contribution in [1.82, 2.24) is 0 Å². The number of carbonyl (C=O) groups excluding carboxylic acids is 2. The summed E-state index contributed by atoms with van der Waals surface area (Å²) in [6.45, 7) is 5.22. The van der Waals surface area contributed by atoms with Gasteiger partial charge in [0.2, 0.25) is 0 Å². The van der Waals surface area contributed by atoms with E-state index in [1.54, 1.807) is 51.1 Å². The molecule has 31 heavy (non-hydrogen) atoms. The van der Waals surface area contributed by atoms with Gasteiger partial charge in [0, 0.05) is 10.9 Å². The normalized spacial score (nSPS) is 11.3. The van der Waals surface area contributed by atoms with Crippen LogP contribution in [-0.2, 0) is 14.3 Å². The van der Waals surface area contributed by atoms with Gasteiger partial charge in [-0.25, -0.2) is 4.79 Å². The number of hydrogen-bond donors (Lipinski definition) is 0. The van der Waals surface area contributed by atoms with Crippen LogP contribution in [0.1, 0.15) is 32.8 Å². The molecule has 0 saturated heterocycles. The number of ether oxygens (including phenoxy) is 6. The number of methoxy groups -OCH3 is 4. The van der Waals surface area contributed by atoms with Gasteiger partial charge < -0.3 is 28.4 Å². The zero-order chi connectivity index (χ0) is 23.2. The highest BCUT2D eigenvalue weighted by Crippen LogP contribution is 2.46. The van der Waals surface area contributed by atoms with Crippen LogP contribution in [0.5, 0.6) is 23.0 Å². The van der Waals surface area contributed by atoms with E-state index in [4.69, 9.17) is 23.7 Å². The van der Waals surface area contributed by atoms with Crippen molar-refractivity contribution >= 4 is 29.0 Å². The smallest absolute Gasteiger partial charge is 0.496 e. The average Bonchev–Trinajstić information content (AvgIpc) is 2.71. The molecule has 8 heteroatoms. The fourth-order valence-electron chi connectivity index (χ4n) is 2.93. The SMILES string of the molecule is COC(=O)C/C=C/c1cc(OC)c2c(OC(=O)OC(C)(C)C)c(OC)ccc2c1OC. The van der Waals surface area contributed by atoms with E-state index >= 15 is 0 Å². The van der Waals surface area contributed by atoms with E-state index < -0.39 is 11.8 Å². The second kappa shape index (κ2) is 10.1. The van der Waals surface area contributed by atoms with Crippen molar-refractivity contribution in [2.45, 2.75) is 32.8 Å². The topological polar surface area (TPSA) is 89.5 Å². The van der Waals surface area contributed by atoms with E-state index in [2.05, 4.69) is 4.74 Å². The monoisotopic (exact) mass is 432 g/mol. The Morgan fingerprint density at radius 2 is 1.61 bits per heavy atom. The molecule has 0 heterocycles. The lowest BCUT2D eigenvalue weighted by Crippen LogP contribution is -2.26. The van der Waals surface area contributed by atoms with Gasteiger partial charge in [-0.15, -0.1) is 0 Å². The largest absolute Gasteiger partial charge is 0.514 e. The minimum Gasteiger partial charge on any atom is -0.496 e. The summed E-state index contributed by atoms with van der Waals surface area (Å²) in [4.78, 5) is 23.8. The maximum atomic E-state index is 12.4. The summed E-state index contributed by atoms with van der Waals surface area (Å²) in [6.07, 6.45) is 2.63. The Hall–Kier alpha value is -3.42. The standard InChI is InChI=1S/C23H28O8/c1-23(2,3)31-22(25)30-21-16(26-4)12-11-15-19(21)17(27-5)13-14(20(15)29-7)9-8-10-18(24)28-6/h8-9,11-13H,10H2,1-7H3/b9-8+. The van der Waals surface area contributed by atoms with Crippen molar-refractivity contribution in [3.8, 4) is 23.0 Å². The van der Waals surface area contributed by atoms with Gasteiger partial charge in [0.1, 0.15) is 17.1 Å². The molecule has 0 aliphatic carbocycles. The molecule has 0 atom stereocenters. The molecule has 2 rings (SSSR count). The molecule has 0 spiro atoms. The molecule has 0 fully saturated rings. The first kappa shape index (κ1) is 23.9. The van der Waals surface area contributed by atoms with Crippen molar-refractivity contribution in [3.05, 3.63) is 29.8 Å². The van der Waals surface area contributed by atoms with E-state index in [0.717, 1.165) is 0 Å². The summed E-state index contributed by atoms with van der Waals surface area (Å²) >= 11 is 0. The Bertz CT molecular complexity index is 985. The molecule has 0 N–H and O–H groups in total. The molecule has 2 aromatic rings. The third-order valence-electron chi connectivity index (χ3n) is 4.19. The van der Waals surface area contributed by atoms with E-state index in [1.165, 1.54) is 28.4 Å². The first-order valence-corrected chi connectivity index (χ1v) is 9.55. The Kier molecular flexibility index (Phi) is 7.74. The van der Waals surface area contributed by atoms with Gasteiger partial charge in [-0.05, 0) is 39.0 Å². The Morgan fingerprint density at radius 3 is 2.16 bits per heavy atom. The quantitative estimate of drug-likeness (QED) is 0.457. The molecular formula is C23H28O8. The molecule has 0 aliphatic rings. The maximum Gasteiger partial charge on any atom is 0.514 e. The molecular weight excluding hydrogens is 404 g/mol. The summed E-state index contributed by atoms with van der Waals surface area (Å²) in [5, 5.41) is 1.11. The molecule has 0 bridgehead atoms. The van der Waals surface area contributed by atoms with Crippen LogP contribution >= 0.6 is 0 Å². The van der Waals surface area contributed by atoms with E-state index in [1.807, 2.05) is 0 Å². The highest BCUT2D eigenvalue weighted by Gasteiger charge is 2.24. The van der Waals surface area contributed by atoms with Gasteiger partial charge in [0.15, 0.2) is 11.5 Å². The molecule has 168 valence electrons. The average molecular weight is 432 g/mol. The summed E-state index contributed by atoms with van der Waals surface area (Å²) in [5.74, 6) is 1.04. The predicted molar refractivity (Wildman–Crippen MR) is 116 cm³/mol. The van der Waals surface area contributed by atoms with Crippen molar-refractivity contribution < 1.29 is 38.0 Å². The maximum absolute atomic E-state index is 12.4. The van der Waals surface area contributed by atoms with Gasteiger partial charge in [-0.3, -0.25) is 4.79 Å². The molecule has 0 saturated carbocycles. The van der Waals surface area contributed by atoms with Gasteiger partial charge in [-0.2, -0.15) is 0 Å². The molecule has 0 aliphatic heterocycles. The molecule has 8 nitrogen and oxygen atoms in total. The highest BCUT2D eigenvalue weighted by molar-refractivity contribution is 6.02. The van der Waals surface area contributed by atoms with Gasteiger partial charge in [0.25, 0.3) is 0 Å². The van der Waals surface area contributed by atoms with Crippen LogP contribution in [0.25, 0.3) is 16.8 Å². The summed E-state index contributed by atoms with van der Waals surface area (Å²) in [5.41, 5.74) is -0.0574. The lowest BCUT2D eigenvalue weighted by atomic mass is 10.0. The number of carbonyl (C=O) groups is 2. The van der Waals surface area contributed by atoms with Crippen LogP contribution in [-0.4, -0.2) is 46.2 Å². The Morgan fingerprint density at radius 1 is 0.935 bits per heavy atom. The zero-order valence-electron chi connectivity index (χ0n) is 18.9. The molecule has 0 radical (unpaired) electrons. The summed E-state index contributed by atoms with van der Waals surface area (Å²) in [7, 11) is 5.82. The van der Waals surface area contributed by atoms with Crippen LogP contribution in [0.3, 0.4) is 0 Å². The lowest BCUT2D eigenvalue weighted by Gasteiger charge is -2.21. The lowest BCUT2D eigenvalue weighted by molar-refractivity contribution is -0.139. The van der Waals surface area contributed by atoms with Crippen molar-refractivity contribution in [3.63, 3.8) is 0 Å². The van der Waals surface area contributed by atoms with Crippen molar-refractivity contribution in [1.29, 1.82) is 0 Å².